The lowest BCUT2D eigenvalue weighted by Crippen LogP contribution is -2.17. The monoisotopic (exact) mass is 370 g/mol. The molecule has 2 unspecified atom stereocenters. The predicted octanol–water partition coefficient (Wildman–Crippen LogP) is 4.61. The van der Waals surface area contributed by atoms with Gasteiger partial charge < -0.3 is 9.94 Å². The van der Waals surface area contributed by atoms with E-state index in [4.69, 9.17) is 4.84 Å². The Bertz CT molecular complexity index is 764. The Labute approximate surface area is 159 Å². The molecule has 0 bridgehead atoms. The number of hydrogen-bond donors (Lipinski definition) is 1. The fourth-order valence-corrected chi connectivity index (χ4v) is 3.38. The van der Waals surface area contributed by atoms with Gasteiger partial charge in [0.2, 0.25) is 0 Å². The third kappa shape index (κ3) is 4.46. The molecular weight excluding hydrogens is 344 g/mol. The second kappa shape index (κ2) is 7.80. The van der Waals surface area contributed by atoms with Gasteiger partial charge in [-0.3, -0.25) is 4.98 Å². The zero-order chi connectivity index (χ0) is 18.7. The number of oxime groups is 1. The first-order valence-electron chi connectivity index (χ1n) is 8.92. The third-order valence-electron chi connectivity index (χ3n) is 4.67. The van der Waals surface area contributed by atoms with Gasteiger partial charge in [-0.25, -0.2) is 0 Å². The van der Waals surface area contributed by atoms with Crippen molar-refractivity contribution in [1.29, 1.82) is 0 Å². The summed E-state index contributed by atoms with van der Waals surface area (Å²) in [6, 6.07) is 12.2. The Morgan fingerprint density at radius 3 is 2.38 bits per heavy atom. The molecule has 0 saturated heterocycles. The maximum atomic E-state index is 10.0. The summed E-state index contributed by atoms with van der Waals surface area (Å²) in [6.07, 6.45) is 6.00. The first-order chi connectivity index (χ1) is 12.4. The Balaban J connectivity index is 1.68. The van der Waals surface area contributed by atoms with Crippen LogP contribution in [-0.4, -0.2) is 33.4 Å². The van der Waals surface area contributed by atoms with Gasteiger partial charge in [0.25, 0.3) is 0 Å². The predicted molar refractivity (Wildman–Crippen MR) is 109 cm³/mol. The molecule has 26 heavy (non-hydrogen) atoms. The van der Waals surface area contributed by atoms with Gasteiger partial charge in [0.15, 0.2) is 0 Å². The minimum atomic E-state index is -0.923. The van der Waals surface area contributed by atoms with E-state index in [0.717, 1.165) is 35.2 Å². The van der Waals surface area contributed by atoms with Crippen LogP contribution in [0.25, 0.3) is 11.1 Å². The molecule has 2 aromatic rings. The van der Waals surface area contributed by atoms with Crippen LogP contribution in [0.4, 0.5) is 0 Å². The number of pyridine rings is 1. The lowest BCUT2D eigenvalue weighted by Gasteiger charge is -2.16. The fourth-order valence-electron chi connectivity index (χ4n) is 2.97. The Morgan fingerprint density at radius 1 is 1.15 bits per heavy atom. The Hall–Kier alpha value is -1.85. The highest BCUT2D eigenvalue weighted by Gasteiger charge is 2.24. The minimum Gasteiger partial charge on any atom is -0.392 e. The highest BCUT2D eigenvalue weighted by molar-refractivity contribution is 7.99. The molecule has 0 amide bonds. The highest BCUT2D eigenvalue weighted by Crippen LogP contribution is 2.26. The average Bonchev–Trinajstić information content (AvgIpc) is 3.09. The lowest BCUT2D eigenvalue weighted by atomic mass is 9.99. The van der Waals surface area contributed by atoms with Crippen molar-refractivity contribution in [1.82, 2.24) is 4.98 Å². The smallest absolute Gasteiger partial charge is 0.134 e. The number of thioether (sulfide) groups is 1. The van der Waals surface area contributed by atoms with Crippen LogP contribution in [0.3, 0.4) is 0 Å². The maximum absolute atomic E-state index is 10.0. The van der Waals surface area contributed by atoms with Crippen molar-refractivity contribution in [3.05, 3.63) is 53.9 Å². The van der Waals surface area contributed by atoms with Crippen LogP contribution in [0.1, 0.15) is 44.9 Å². The van der Waals surface area contributed by atoms with Crippen molar-refractivity contribution in [2.24, 2.45) is 5.16 Å². The zero-order valence-electron chi connectivity index (χ0n) is 15.8. The molecule has 138 valence electrons. The van der Waals surface area contributed by atoms with E-state index >= 15 is 0 Å². The van der Waals surface area contributed by atoms with Crippen molar-refractivity contribution >= 4 is 17.5 Å². The van der Waals surface area contributed by atoms with Gasteiger partial charge in [-0.15, -0.1) is 0 Å². The summed E-state index contributed by atoms with van der Waals surface area (Å²) in [7, 11) is 0. The second-order valence-electron chi connectivity index (χ2n) is 7.32. The molecule has 2 heterocycles. The molecule has 4 nitrogen and oxygen atoms in total. The molecule has 3 rings (SSSR count). The largest absolute Gasteiger partial charge is 0.392 e. The van der Waals surface area contributed by atoms with E-state index < -0.39 is 5.60 Å². The molecule has 0 aliphatic carbocycles. The summed E-state index contributed by atoms with van der Waals surface area (Å²) in [5, 5.41) is 14.9. The number of aromatic nitrogens is 1. The lowest BCUT2D eigenvalue weighted by molar-refractivity contribution is 0.0739. The quantitative estimate of drug-likeness (QED) is 0.807. The van der Waals surface area contributed by atoms with Crippen molar-refractivity contribution in [3.63, 3.8) is 0 Å². The van der Waals surface area contributed by atoms with Crippen molar-refractivity contribution in [2.45, 2.75) is 50.6 Å². The first kappa shape index (κ1) is 18.9. The van der Waals surface area contributed by atoms with Crippen LogP contribution in [0, 0.1) is 0 Å². The van der Waals surface area contributed by atoms with Gasteiger partial charge in [0.1, 0.15) is 11.7 Å². The van der Waals surface area contributed by atoms with E-state index in [9.17, 15) is 5.11 Å². The van der Waals surface area contributed by atoms with E-state index in [-0.39, 0.29) is 6.10 Å². The normalized spacial score (nSPS) is 18.3. The molecule has 1 aromatic heterocycles. The molecule has 5 heteroatoms. The van der Waals surface area contributed by atoms with Crippen LogP contribution in [0.2, 0.25) is 0 Å². The summed E-state index contributed by atoms with van der Waals surface area (Å²) >= 11 is 1.86. The standard InChI is InChI=1S/C21H26N2O2S/c1-14(26-4)11-18-12-19(23-25-18)16-7-5-15(6-8-16)17-9-10-20(22-13-17)21(2,3)24/h5-10,13-14,18,24H,11-12H2,1-4H3. The molecule has 0 fully saturated rings. The van der Waals surface area contributed by atoms with E-state index in [1.165, 1.54) is 0 Å². The van der Waals surface area contributed by atoms with Crippen molar-refractivity contribution in [2.75, 3.05) is 6.26 Å². The molecule has 0 spiro atoms. The summed E-state index contributed by atoms with van der Waals surface area (Å²) in [4.78, 5) is 9.97. The molecule has 1 aliphatic rings. The number of benzene rings is 1. The molecule has 1 N–H and O–H groups in total. The van der Waals surface area contributed by atoms with E-state index in [2.05, 4.69) is 47.6 Å². The zero-order valence-corrected chi connectivity index (χ0v) is 16.6. The van der Waals surface area contributed by atoms with Gasteiger partial charge in [0, 0.05) is 23.4 Å². The second-order valence-corrected chi connectivity index (χ2v) is 8.60. The van der Waals surface area contributed by atoms with Gasteiger partial charge >= 0.3 is 0 Å². The number of aliphatic hydroxyl groups is 1. The van der Waals surface area contributed by atoms with Crippen LogP contribution in [-0.2, 0) is 10.4 Å². The van der Waals surface area contributed by atoms with Crippen LogP contribution < -0.4 is 0 Å². The van der Waals surface area contributed by atoms with Crippen LogP contribution in [0.5, 0.6) is 0 Å². The van der Waals surface area contributed by atoms with Crippen molar-refractivity contribution < 1.29 is 9.94 Å². The summed E-state index contributed by atoms with van der Waals surface area (Å²) in [5.74, 6) is 0. The molecular formula is C21H26N2O2S. The third-order valence-corrected chi connectivity index (χ3v) is 5.67. The summed E-state index contributed by atoms with van der Waals surface area (Å²) in [5.41, 5.74) is 3.99. The van der Waals surface area contributed by atoms with E-state index in [1.807, 2.05) is 23.9 Å². The SMILES string of the molecule is CSC(C)CC1CC(c2ccc(-c3ccc(C(C)(C)O)nc3)cc2)=NO1. The van der Waals surface area contributed by atoms with Crippen LogP contribution in [0.15, 0.2) is 47.8 Å². The molecule has 2 atom stereocenters. The van der Waals surface area contributed by atoms with E-state index in [1.54, 1.807) is 20.0 Å². The first-order valence-corrected chi connectivity index (χ1v) is 10.2. The minimum absolute atomic E-state index is 0.186. The topological polar surface area (TPSA) is 54.7 Å². The van der Waals surface area contributed by atoms with Crippen LogP contribution >= 0.6 is 11.8 Å². The molecule has 0 saturated carbocycles. The van der Waals surface area contributed by atoms with Gasteiger partial charge in [-0.05, 0) is 43.7 Å². The Kier molecular flexibility index (Phi) is 5.68. The molecule has 1 aliphatic heterocycles. The van der Waals surface area contributed by atoms with Gasteiger partial charge in [-0.2, -0.15) is 11.8 Å². The fraction of sp³-hybridized carbons (Fsp3) is 0.429. The summed E-state index contributed by atoms with van der Waals surface area (Å²) < 4.78 is 0. The molecule has 1 aromatic carbocycles. The molecule has 0 radical (unpaired) electrons. The van der Waals surface area contributed by atoms with Gasteiger partial charge in [-0.1, -0.05) is 42.4 Å². The van der Waals surface area contributed by atoms with Crippen molar-refractivity contribution in [3.8, 4) is 11.1 Å². The highest BCUT2D eigenvalue weighted by atomic mass is 32.2. The van der Waals surface area contributed by atoms with E-state index in [0.29, 0.717) is 10.9 Å². The maximum Gasteiger partial charge on any atom is 0.134 e. The number of hydrogen-bond acceptors (Lipinski definition) is 5. The number of rotatable bonds is 6. The average molecular weight is 371 g/mol. The summed E-state index contributed by atoms with van der Waals surface area (Å²) in [6.45, 7) is 5.70. The Morgan fingerprint density at radius 2 is 1.81 bits per heavy atom. The van der Waals surface area contributed by atoms with Gasteiger partial charge in [0.05, 0.1) is 11.4 Å². The number of nitrogens with zero attached hydrogens (tertiary/aromatic N) is 2.